The zero-order valence-electron chi connectivity index (χ0n) is 15.2. The third-order valence-corrected chi connectivity index (χ3v) is 4.80. The fraction of sp³-hybridized carbons (Fsp3) is 0.500. The standard InChI is InChI=1S/C18H24ClN3O2S/c1-6-9-22-16(24)13-8-7-12(19)10-14(13)20-17(22)25-11(2)15(23)21-18(3,4)5/h7-8,10-11H,6,9H2,1-5H3,(H,21,23)/t11-/m1/s1. The van der Waals surface area contributed by atoms with Crippen molar-refractivity contribution >= 4 is 40.2 Å². The molecular formula is C18H24ClN3O2S. The van der Waals surface area contributed by atoms with Crippen LogP contribution in [0.5, 0.6) is 0 Å². The van der Waals surface area contributed by atoms with Crippen molar-refractivity contribution in [3.05, 3.63) is 33.6 Å². The molecule has 0 unspecified atom stereocenters. The average Bonchev–Trinajstić information content (AvgIpc) is 2.49. The quantitative estimate of drug-likeness (QED) is 0.631. The van der Waals surface area contributed by atoms with Gasteiger partial charge < -0.3 is 5.32 Å². The van der Waals surface area contributed by atoms with Crippen LogP contribution in [-0.4, -0.2) is 26.2 Å². The van der Waals surface area contributed by atoms with Crippen molar-refractivity contribution in [2.45, 2.75) is 63.5 Å². The van der Waals surface area contributed by atoms with Crippen molar-refractivity contribution in [3.8, 4) is 0 Å². The molecule has 1 N–H and O–H groups in total. The van der Waals surface area contributed by atoms with Crippen LogP contribution in [0.4, 0.5) is 0 Å². The van der Waals surface area contributed by atoms with Crippen molar-refractivity contribution in [1.29, 1.82) is 0 Å². The summed E-state index contributed by atoms with van der Waals surface area (Å²) >= 11 is 7.32. The number of amides is 1. The highest BCUT2D eigenvalue weighted by molar-refractivity contribution is 8.00. The van der Waals surface area contributed by atoms with E-state index in [9.17, 15) is 9.59 Å². The summed E-state index contributed by atoms with van der Waals surface area (Å²) in [6.45, 7) is 10.2. The molecule has 1 aromatic heterocycles. The number of aromatic nitrogens is 2. The molecule has 0 radical (unpaired) electrons. The van der Waals surface area contributed by atoms with Crippen LogP contribution in [-0.2, 0) is 11.3 Å². The molecule has 0 aliphatic rings. The summed E-state index contributed by atoms with van der Waals surface area (Å²) in [7, 11) is 0. The Kier molecular flexibility index (Phi) is 6.16. The van der Waals surface area contributed by atoms with Crippen LogP contribution in [0.3, 0.4) is 0 Å². The maximum Gasteiger partial charge on any atom is 0.262 e. The Morgan fingerprint density at radius 3 is 2.68 bits per heavy atom. The van der Waals surface area contributed by atoms with Gasteiger partial charge in [-0.1, -0.05) is 30.3 Å². The number of rotatable bonds is 5. The van der Waals surface area contributed by atoms with E-state index >= 15 is 0 Å². The molecule has 0 fully saturated rings. The van der Waals surface area contributed by atoms with Gasteiger partial charge in [-0.3, -0.25) is 14.2 Å². The molecule has 1 atom stereocenters. The molecule has 0 spiro atoms. The van der Waals surface area contributed by atoms with E-state index < -0.39 is 0 Å². The summed E-state index contributed by atoms with van der Waals surface area (Å²) in [6, 6.07) is 5.07. The third-order valence-electron chi connectivity index (χ3n) is 3.48. The fourth-order valence-corrected chi connectivity index (χ4v) is 3.47. The first-order valence-corrected chi connectivity index (χ1v) is 9.57. The van der Waals surface area contributed by atoms with E-state index in [2.05, 4.69) is 10.3 Å². The summed E-state index contributed by atoms with van der Waals surface area (Å²) in [5, 5.41) is 4.19. The summed E-state index contributed by atoms with van der Waals surface area (Å²) in [6.07, 6.45) is 0.802. The van der Waals surface area contributed by atoms with Crippen LogP contribution in [0.15, 0.2) is 28.2 Å². The van der Waals surface area contributed by atoms with Crippen LogP contribution < -0.4 is 10.9 Å². The van der Waals surface area contributed by atoms with E-state index in [0.29, 0.717) is 27.6 Å². The van der Waals surface area contributed by atoms with Gasteiger partial charge in [-0.05, 0) is 52.3 Å². The van der Waals surface area contributed by atoms with E-state index in [-0.39, 0.29) is 22.3 Å². The Morgan fingerprint density at radius 1 is 1.40 bits per heavy atom. The second-order valence-corrected chi connectivity index (χ2v) is 8.76. The lowest BCUT2D eigenvalue weighted by Crippen LogP contribution is -2.44. The fourth-order valence-electron chi connectivity index (χ4n) is 2.37. The second kappa shape index (κ2) is 7.79. The van der Waals surface area contributed by atoms with Gasteiger partial charge in [-0.15, -0.1) is 0 Å². The molecule has 25 heavy (non-hydrogen) atoms. The Labute approximate surface area is 157 Å². The summed E-state index contributed by atoms with van der Waals surface area (Å²) in [5.74, 6) is -0.0824. The second-order valence-electron chi connectivity index (χ2n) is 7.01. The molecule has 0 saturated heterocycles. The topological polar surface area (TPSA) is 64.0 Å². The van der Waals surface area contributed by atoms with Crippen LogP contribution in [0.25, 0.3) is 10.9 Å². The van der Waals surface area contributed by atoms with Crippen molar-refractivity contribution in [1.82, 2.24) is 14.9 Å². The maximum atomic E-state index is 12.8. The highest BCUT2D eigenvalue weighted by Gasteiger charge is 2.22. The first-order valence-electron chi connectivity index (χ1n) is 8.31. The van der Waals surface area contributed by atoms with Crippen LogP contribution in [0, 0.1) is 0 Å². The first kappa shape index (κ1) is 19.8. The molecule has 0 aliphatic heterocycles. The number of fused-ring (bicyclic) bond motifs is 1. The van der Waals surface area contributed by atoms with Crippen molar-refractivity contribution < 1.29 is 4.79 Å². The molecular weight excluding hydrogens is 358 g/mol. The zero-order valence-corrected chi connectivity index (χ0v) is 16.8. The number of thioether (sulfide) groups is 1. The van der Waals surface area contributed by atoms with Gasteiger partial charge in [0.25, 0.3) is 5.56 Å². The number of hydrogen-bond acceptors (Lipinski definition) is 4. The molecule has 0 bridgehead atoms. The van der Waals surface area contributed by atoms with Gasteiger partial charge in [0.2, 0.25) is 5.91 Å². The maximum absolute atomic E-state index is 12.8. The van der Waals surface area contributed by atoms with Gasteiger partial charge in [0.15, 0.2) is 5.16 Å². The Balaban J connectivity index is 2.43. The van der Waals surface area contributed by atoms with E-state index in [1.54, 1.807) is 22.8 Å². The van der Waals surface area contributed by atoms with Crippen LogP contribution in [0.1, 0.15) is 41.0 Å². The molecule has 1 aromatic carbocycles. The molecule has 1 heterocycles. The number of hydrogen-bond donors (Lipinski definition) is 1. The predicted octanol–water partition coefficient (Wildman–Crippen LogP) is 3.86. The number of halogens is 1. The van der Waals surface area contributed by atoms with Gasteiger partial charge in [-0.25, -0.2) is 4.98 Å². The smallest absolute Gasteiger partial charge is 0.262 e. The van der Waals surface area contributed by atoms with Crippen LogP contribution in [0.2, 0.25) is 5.02 Å². The minimum Gasteiger partial charge on any atom is -0.351 e. The van der Waals surface area contributed by atoms with Gasteiger partial charge in [-0.2, -0.15) is 0 Å². The van der Waals surface area contributed by atoms with Gasteiger partial charge in [0.1, 0.15) is 0 Å². The van der Waals surface area contributed by atoms with Crippen molar-refractivity contribution in [2.75, 3.05) is 0 Å². The monoisotopic (exact) mass is 381 g/mol. The zero-order chi connectivity index (χ0) is 18.8. The van der Waals surface area contributed by atoms with Gasteiger partial charge >= 0.3 is 0 Å². The Bertz CT molecular complexity index is 843. The molecule has 7 heteroatoms. The van der Waals surface area contributed by atoms with Gasteiger partial charge in [0.05, 0.1) is 16.2 Å². The average molecular weight is 382 g/mol. The molecule has 2 aromatic rings. The van der Waals surface area contributed by atoms with Gasteiger partial charge in [0, 0.05) is 17.1 Å². The molecule has 0 aliphatic carbocycles. The van der Waals surface area contributed by atoms with Crippen molar-refractivity contribution in [2.24, 2.45) is 0 Å². The van der Waals surface area contributed by atoms with E-state index in [1.807, 2.05) is 34.6 Å². The molecule has 136 valence electrons. The van der Waals surface area contributed by atoms with E-state index in [1.165, 1.54) is 11.8 Å². The minimum absolute atomic E-state index is 0.0824. The number of nitrogens with one attached hydrogen (secondary N) is 1. The number of carbonyl (C=O) groups is 1. The predicted molar refractivity (Wildman–Crippen MR) is 105 cm³/mol. The lowest BCUT2D eigenvalue weighted by Gasteiger charge is -2.23. The SMILES string of the molecule is CCCn1c(S[C@H](C)C(=O)NC(C)(C)C)nc2cc(Cl)ccc2c1=O. The molecule has 0 saturated carbocycles. The minimum atomic E-state index is -0.370. The molecule has 5 nitrogen and oxygen atoms in total. The number of nitrogens with zero attached hydrogens (tertiary/aromatic N) is 2. The summed E-state index contributed by atoms with van der Waals surface area (Å²) in [5.41, 5.74) is 0.143. The Morgan fingerprint density at radius 2 is 2.08 bits per heavy atom. The normalized spacial score (nSPS) is 13.0. The third kappa shape index (κ3) is 4.98. The van der Waals surface area contributed by atoms with Crippen molar-refractivity contribution in [3.63, 3.8) is 0 Å². The summed E-state index contributed by atoms with van der Waals surface area (Å²) < 4.78 is 1.64. The Hall–Kier alpha value is -1.53. The van der Waals surface area contributed by atoms with E-state index in [0.717, 1.165) is 6.42 Å². The highest BCUT2D eigenvalue weighted by Crippen LogP contribution is 2.24. The number of benzene rings is 1. The largest absolute Gasteiger partial charge is 0.351 e. The van der Waals surface area contributed by atoms with E-state index in [4.69, 9.17) is 11.6 Å². The lowest BCUT2D eigenvalue weighted by molar-refractivity contribution is -0.121. The molecule has 2 rings (SSSR count). The molecule has 1 amide bonds. The lowest BCUT2D eigenvalue weighted by atomic mass is 10.1. The highest BCUT2D eigenvalue weighted by atomic mass is 35.5. The first-order chi connectivity index (χ1) is 11.6. The van der Waals surface area contributed by atoms with Crippen LogP contribution >= 0.6 is 23.4 Å². The number of carbonyl (C=O) groups excluding carboxylic acids is 1. The summed E-state index contributed by atoms with van der Waals surface area (Å²) in [4.78, 5) is 29.8.